The summed E-state index contributed by atoms with van der Waals surface area (Å²) in [4.78, 5) is 106. The van der Waals surface area contributed by atoms with E-state index in [1.807, 2.05) is 69.2 Å². The van der Waals surface area contributed by atoms with Gasteiger partial charge in [-0.1, -0.05) is 40.5 Å². The zero-order valence-electron chi connectivity index (χ0n) is 51.1. The summed E-state index contributed by atoms with van der Waals surface area (Å²) < 4.78 is 48.7. The minimum Gasteiger partial charge on any atom is -0.444 e. The third-order valence-electron chi connectivity index (χ3n) is 18.6. The number of hydrogen-bond donors (Lipinski definition) is 2. The fourth-order valence-electron chi connectivity index (χ4n) is 14.2. The van der Waals surface area contributed by atoms with Crippen molar-refractivity contribution in [3.8, 4) is 0 Å². The number of rotatable bonds is 23. The first-order chi connectivity index (χ1) is 38.6. The van der Waals surface area contributed by atoms with E-state index in [1.165, 1.54) is 0 Å². The van der Waals surface area contributed by atoms with Gasteiger partial charge < -0.3 is 58.3 Å². The lowest BCUT2D eigenvalue weighted by Gasteiger charge is -2.59. The number of amides is 4. The summed E-state index contributed by atoms with van der Waals surface area (Å²) in [6.07, 6.45) is 6.30. The number of nitrogens with one attached hydrogen (secondary N) is 2. The van der Waals surface area contributed by atoms with Crippen LogP contribution in [0.1, 0.15) is 199 Å². The van der Waals surface area contributed by atoms with E-state index in [4.69, 9.17) is 57.4 Å². The van der Waals surface area contributed by atoms with Crippen LogP contribution in [0.2, 0.25) is 0 Å². The molecule has 2 aliphatic carbocycles. The Balaban J connectivity index is 0.711. The molecule has 0 aromatic rings. The van der Waals surface area contributed by atoms with Crippen molar-refractivity contribution >= 4 is 35.9 Å². The Kier molecular flexibility index (Phi) is 20.6. The van der Waals surface area contributed by atoms with Crippen molar-refractivity contribution in [3.05, 3.63) is 0 Å². The molecule has 0 radical (unpaired) electrons. The predicted molar refractivity (Wildman–Crippen MR) is 294 cm³/mol. The molecule has 2 spiro atoms. The molecule has 8 aliphatic heterocycles. The zero-order valence-corrected chi connectivity index (χ0v) is 51.1. The first-order valence-electron chi connectivity index (χ1n) is 30.9. The van der Waals surface area contributed by atoms with Crippen molar-refractivity contribution in [2.24, 2.45) is 47.3 Å². The van der Waals surface area contributed by atoms with E-state index in [0.29, 0.717) is 89.6 Å². The zero-order chi connectivity index (χ0) is 59.4. The molecule has 4 amide bonds. The quantitative estimate of drug-likeness (QED) is 0.0419. The fourth-order valence-corrected chi connectivity index (χ4v) is 14.2. The lowest BCUT2D eigenvalue weighted by molar-refractivity contribution is -0.576. The van der Waals surface area contributed by atoms with Crippen LogP contribution in [-0.4, -0.2) is 144 Å². The Morgan fingerprint density at radius 3 is 1.24 bits per heavy atom. The van der Waals surface area contributed by atoms with Crippen molar-refractivity contribution in [3.63, 3.8) is 0 Å². The van der Waals surface area contributed by atoms with Gasteiger partial charge >= 0.3 is 24.1 Å². The van der Waals surface area contributed by atoms with Crippen molar-refractivity contribution in [1.29, 1.82) is 0 Å². The van der Waals surface area contributed by atoms with E-state index in [-0.39, 0.29) is 73.0 Å². The lowest BCUT2D eigenvalue weighted by Crippen LogP contribution is -2.70. The van der Waals surface area contributed by atoms with E-state index in [9.17, 15) is 28.8 Å². The summed E-state index contributed by atoms with van der Waals surface area (Å²) in [5, 5.41) is 5.75. The normalized spacial score (nSPS) is 36.3. The Morgan fingerprint density at radius 2 is 0.866 bits per heavy atom. The van der Waals surface area contributed by atoms with Crippen LogP contribution >= 0.6 is 0 Å². The highest BCUT2D eigenvalue weighted by molar-refractivity contribution is 5.82. The van der Waals surface area contributed by atoms with Crippen molar-refractivity contribution in [2.45, 2.75) is 258 Å². The molecule has 22 heteroatoms. The van der Waals surface area contributed by atoms with Crippen LogP contribution in [0.15, 0.2) is 0 Å². The number of nitrogens with zero attached hydrogens (tertiary/aromatic N) is 2. The lowest BCUT2D eigenvalue weighted by atomic mass is 9.58. The molecule has 82 heavy (non-hydrogen) atoms. The second-order valence-corrected chi connectivity index (χ2v) is 27.3. The first kappa shape index (κ1) is 64.1. The van der Waals surface area contributed by atoms with E-state index in [0.717, 1.165) is 51.4 Å². The van der Waals surface area contributed by atoms with Gasteiger partial charge in [0.2, 0.25) is 36.0 Å². The Bertz CT molecular complexity index is 2090. The van der Waals surface area contributed by atoms with Crippen LogP contribution in [0.5, 0.6) is 0 Å². The Morgan fingerprint density at radius 1 is 0.488 bits per heavy atom. The molecule has 0 aromatic carbocycles. The molecule has 0 aromatic heterocycles. The maximum Gasteiger partial charge on any atom is 0.410 e. The SMILES string of the molecule is C[C@H]1[C@H](OC(=O)CCC(=O)NCCCN(CCCCCCN(CCCNC(=O)CCC(=O)O[C@@H]2O[C@@H]3O[C@@]4(C)CC[C@H]5[C@H](C)CC[C@@H]([C@H]2C)[C@@]35OO4)C(=O)OC(C)(C)C)C(=O)OC(C)(C)C)O[C@@H]2O[C@@]3(C)CC[C@H]4[C@H](C)CC[C@@H]1[C@@]24OO3. The van der Waals surface area contributed by atoms with Crippen LogP contribution < -0.4 is 10.6 Å². The molecule has 8 saturated heterocycles. The largest absolute Gasteiger partial charge is 0.444 e. The van der Waals surface area contributed by atoms with Crippen molar-refractivity contribution in [1.82, 2.24) is 20.4 Å². The summed E-state index contributed by atoms with van der Waals surface area (Å²) in [5.41, 5.74) is -2.95. The third-order valence-corrected chi connectivity index (χ3v) is 18.6. The topological polar surface area (TPSA) is 244 Å². The van der Waals surface area contributed by atoms with Gasteiger partial charge in [-0.2, -0.15) is 0 Å². The van der Waals surface area contributed by atoms with E-state index < -0.39 is 83.3 Å². The number of hydrogen-bond acceptors (Lipinski definition) is 18. The van der Waals surface area contributed by atoms with Crippen LogP contribution in [-0.2, 0) is 76.6 Å². The van der Waals surface area contributed by atoms with Gasteiger partial charge in [0.15, 0.2) is 23.8 Å². The summed E-state index contributed by atoms with van der Waals surface area (Å²) in [6, 6.07) is 0. The molecular weight excluding hydrogens is 1060 g/mol. The molecule has 466 valence electrons. The highest BCUT2D eigenvalue weighted by Crippen LogP contribution is 2.62. The van der Waals surface area contributed by atoms with E-state index in [1.54, 1.807) is 9.80 Å². The average molecular weight is 1160 g/mol. The molecule has 4 bridgehead atoms. The summed E-state index contributed by atoms with van der Waals surface area (Å²) in [5.74, 6) is -2.76. The molecule has 8 heterocycles. The van der Waals surface area contributed by atoms with Crippen LogP contribution in [0, 0.1) is 47.3 Å². The van der Waals surface area contributed by atoms with E-state index >= 15 is 0 Å². The second-order valence-electron chi connectivity index (χ2n) is 27.3. The minimum atomic E-state index is -0.948. The summed E-state index contributed by atoms with van der Waals surface area (Å²) >= 11 is 0. The van der Waals surface area contributed by atoms with Crippen molar-refractivity contribution in [2.75, 3.05) is 39.3 Å². The standard InChI is InChI=1S/C60H98N4O18/c1-37-19-21-43-39(3)49(73-51-59(43)41(37)27-29-57(11,75-51)79-81-59)71-47(67)25-23-45(65)61-31-17-35-63(53(69)77-55(5,6)7)33-15-13-14-16-34-64(54(70)78-56(8,9)10)36-18-32-62-46(66)24-26-48(68)72-50-40(4)44-22-20-38(2)42-28-30-58(12)76-52(74-50)60(42,44)82-80-58/h37-44,49-52H,13-36H2,1-12H3,(H,61,65)(H,62,66)/t37-,38-,39-,40-,41+,42+,43+,44+,49-,50-,51-,52-,57-,58-,59-,60-/m1/s1. The number of fused-ring (bicyclic) bond motifs is 4. The molecule has 2 N–H and O–H groups in total. The number of carbonyl (C=O) groups is 6. The molecule has 10 fully saturated rings. The number of ether oxygens (including phenoxy) is 8. The predicted octanol–water partition coefficient (Wildman–Crippen LogP) is 9.10. The monoisotopic (exact) mass is 1160 g/mol. The van der Waals surface area contributed by atoms with Crippen LogP contribution in [0.25, 0.3) is 0 Å². The molecule has 2 saturated carbocycles. The smallest absolute Gasteiger partial charge is 0.410 e. The molecule has 16 atom stereocenters. The van der Waals surface area contributed by atoms with Crippen LogP contribution in [0.4, 0.5) is 9.59 Å². The van der Waals surface area contributed by atoms with Gasteiger partial charge in [-0.3, -0.25) is 19.2 Å². The molecule has 10 rings (SSSR count). The average Bonchev–Trinajstić information content (AvgIpc) is 1.90. The van der Waals surface area contributed by atoms with Gasteiger partial charge in [0, 0.05) is 88.6 Å². The molecule has 10 aliphatic rings. The summed E-state index contributed by atoms with van der Waals surface area (Å²) in [6.45, 7) is 25.2. The highest BCUT2D eigenvalue weighted by Gasteiger charge is 2.71. The maximum atomic E-state index is 13.3. The van der Waals surface area contributed by atoms with Gasteiger partial charge in [-0.05, 0) is 143 Å². The first-order valence-corrected chi connectivity index (χ1v) is 30.9. The summed E-state index contributed by atoms with van der Waals surface area (Å²) in [7, 11) is 0. The number of esters is 2. The number of carbonyl (C=O) groups excluding carboxylic acids is 6. The third kappa shape index (κ3) is 15.0. The van der Waals surface area contributed by atoms with Gasteiger partial charge in [0.1, 0.15) is 11.2 Å². The van der Waals surface area contributed by atoms with Crippen molar-refractivity contribution < 1.29 is 86.2 Å². The van der Waals surface area contributed by atoms with Gasteiger partial charge in [0.25, 0.3) is 0 Å². The molecule has 0 unspecified atom stereocenters. The maximum absolute atomic E-state index is 13.3. The van der Waals surface area contributed by atoms with Gasteiger partial charge in [0.05, 0.1) is 12.8 Å². The van der Waals surface area contributed by atoms with Crippen LogP contribution in [0.3, 0.4) is 0 Å². The Hall–Kier alpha value is -3.90. The highest BCUT2D eigenvalue weighted by atomic mass is 17.3. The molecular formula is C60H98N4O18. The fraction of sp³-hybridized carbons (Fsp3) is 0.900. The minimum absolute atomic E-state index is 0.00104. The van der Waals surface area contributed by atoms with E-state index in [2.05, 4.69) is 24.5 Å². The molecule has 22 nitrogen and oxygen atoms in total. The van der Waals surface area contributed by atoms with Gasteiger partial charge in [-0.25, -0.2) is 29.1 Å². The second kappa shape index (κ2) is 26.4. The Labute approximate surface area is 485 Å². The van der Waals surface area contributed by atoms with Gasteiger partial charge in [-0.15, -0.1) is 0 Å². The number of unbranched alkanes of at least 4 members (excludes halogenated alkanes) is 3.